The molecule has 0 aliphatic carbocycles. The van der Waals surface area contributed by atoms with Gasteiger partial charge in [-0.15, -0.1) is 0 Å². The van der Waals surface area contributed by atoms with Crippen LogP contribution in [-0.4, -0.2) is 65.6 Å². The van der Waals surface area contributed by atoms with Crippen LogP contribution >= 0.6 is 0 Å². The van der Waals surface area contributed by atoms with Crippen molar-refractivity contribution in [2.24, 2.45) is 0 Å². The Balaban J connectivity index is 1.36. The first kappa shape index (κ1) is 21.2. The Morgan fingerprint density at radius 2 is 1.73 bits per heavy atom. The van der Waals surface area contributed by atoms with Gasteiger partial charge in [0.1, 0.15) is 5.82 Å². The van der Waals surface area contributed by atoms with E-state index in [0.29, 0.717) is 13.1 Å². The average molecular weight is 444 g/mol. The fourth-order valence-corrected chi connectivity index (χ4v) is 4.41. The minimum Gasteiger partial charge on any atom is -0.368 e. The van der Waals surface area contributed by atoms with Crippen molar-refractivity contribution < 1.29 is 4.79 Å². The number of aromatic nitrogens is 2. The van der Waals surface area contributed by atoms with Gasteiger partial charge in [-0.2, -0.15) is 4.98 Å². The maximum absolute atomic E-state index is 12.8. The molecule has 2 aliphatic rings. The van der Waals surface area contributed by atoms with Crippen molar-refractivity contribution in [3.8, 4) is 11.3 Å². The van der Waals surface area contributed by atoms with Crippen molar-refractivity contribution in [2.75, 3.05) is 55.7 Å². The van der Waals surface area contributed by atoms with Gasteiger partial charge in [0.25, 0.3) is 0 Å². The number of nitrogens with two attached hydrogens (primary N) is 1. The van der Waals surface area contributed by atoms with Crippen molar-refractivity contribution in [1.29, 1.82) is 0 Å². The van der Waals surface area contributed by atoms with E-state index in [2.05, 4.69) is 50.3 Å². The molecule has 8 heteroatoms. The van der Waals surface area contributed by atoms with E-state index in [9.17, 15) is 4.79 Å². The maximum Gasteiger partial charge on any atom is 0.322 e. The predicted octanol–water partition coefficient (Wildman–Crippen LogP) is 3.07. The summed E-state index contributed by atoms with van der Waals surface area (Å²) in [6, 6.07) is 17.9. The van der Waals surface area contributed by atoms with E-state index >= 15 is 0 Å². The number of anilines is 3. The number of benzene rings is 2. The zero-order chi connectivity index (χ0) is 22.8. The Kier molecular flexibility index (Phi) is 5.83. The topological polar surface area (TPSA) is 90.6 Å². The number of nitrogens with one attached hydrogen (secondary N) is 1. The third-order valence-electron chi connectivity index (χ3n) is 6.38. The summed E-state index contributed by atoms with van der Waals surface area (Å²) < 4.78 is 0. The van der Waals surface area contributed by atoms with E-state index in [-0.39, 0.29) is 12.0 Å². The van der Waals surface area contributed by atoms with Gasteiger partial charge in [-0.3, -0.25) is 0 Å². The molecular formula is C25H29N7O. The molecule has 1 fully saturated rings. The molecule has 2 aliphatic heterocycles. The summed E-state index contributed by atoms with van der Waals surface area (Å²) in [5.74, 6) is 1.15. The molecule has 3 heterocycles. The molecule has 170 valence electrons. The van der Waals surface area contributed by atoms with Crippen molar-refractivity contribution >= 4 is 23.5 Å². The van der Waals surface area contributed by atoms with Crippen LogP contribution in [0.1, 0.15) is 11.1 Å². The van der Waals surface area contributed by atoms with E-state index in [1.165, 1.54) is 5.56 Å². The number of nitrogens with zero attached hydrogens (tertiary/aromatic N) is 5. The number of para-hydroxylation sites is 1. The minimum absolute atomic E-state index is 0.0825. The highest BCUT2D eigenvalue weighted by Crippen LogP contribution is 2.28. The van der Waals surface area contributed by atoms with E-state index in [4.69, 9.17) is 5.73 Å². The molecule has 0 saturated carbocycles. The Hall–Kier alpha value is -3.65. The van der Waals surface area contributed by atoms with Crippen LogP contribution in [0.5, 0.6) is 0 Å². The van der Waals surface area contributed by atoms with Gasteiger partial charge in [0.2, 0.25) is 5.95 Å². The maximum atomic E-state index is 12.8. The first-order chi connectivity index (χ1) is 16.0. The molecule has 0 radical (unpaired) electrons. The Morgan fingerprint density at radius 1 is 0.939 bits per heavy atom. The second-order valence-electron chi connectivity index (χ2n) is 8.71. The van der Waals surface area contributed by atoms with E-state index < -0.39 is 0 Å². The SMILES string of the molecule is CN1CCN(c2cc(-c3ccc4c(c3)CN(C(=O)Nc3ccccc3)CC4)nc(N)n2)CC1. The van der Waals surface area contributed by atoms with Crippen LogP contribution in [-0.2, 0) is 13.0 Å². The molecule has 3 N–H and O–H groups in total. The normalized spacial score (nSPS) is 16.4. The van der Waals surface area contributed by atoms with Crippen molar-refractivity contribution in [3.63, 3.8) is 0 Å². The van der Waals surface area contributed by atoms with Crippen molar-refractivity contribution in [3.05, 3.63) is 65.7 Å². The van der Waals surface area contributed by atoms with Gasteiger partial charge in [-0.05, 0) is 42.8 Å². The molecule has 0 bridgehead atoms. The van der Waals surface area contributed by atoms with E-state index in [1.54, 1.807) is 0 Å². The van der Waals surface area contributed by atoms with Gasteiger partial charge in [0.15, 0.2) is 0 Å². The highest BCUT2D eigenvalue weighted by atomic mass is 16.2. The zero-order valence-corrected chi connectivity index (χ0v) is 18.9. The summed E-state index contributed by atoms with van der Waals surface area (Å²) >= 11 is 0. The van der Waals surface area contributed by atoms with Gasteiger partial charge >= 0.3 is 6.03 Å². The minimum atomic E-state index is -0.0825. The lowest BCUT2D eigenvalue weighted by molar-refractivity contribution is 0.206. The Bertz CT molecular complexity index is 1140. The number of rotatable bonds is 3. The number of hydrogen-bond donors (Lipinski definition) is 2. The first-order valence-corrected chi connectivity index (χ1v) is 11.4. The summed E-state index contributed by atoms with van der Waals surface area (Å²) in [5.41, 5.74) is 11.1. The second-order valence-corrected chi connectivity index (χ2v) is 8.71. The number of carbonyl (C=O) groups excluding carboxylic acids is 1. The lowest BCUT2D eigenvalue weighted by Gasteiger charge is -2.33. The summed E-state index contributed by atoms with van der Waals surface area (Å²) in [4.78, 5) is 28.2. The molecule has 0 spiro atoms. The number of nitrogen functional groups attached to an aromatic ring is 1. The van der Waals surface area contributed by atoms with E-state index in [1.807, 2.05) is 41.3 Å². The monoisotopic (exact) mass is 443 g/mol. The number of likely N-dealkylation sites (N-methyl/N-ethyl adjacent to an activating group) is 1. The van der Waals surface area contributed by atoms with Crippen LogP contribution in [0.2, 0.25) is 0 Å². The van der Waals surface area contributed by atoms with Crippen LogP contribution in [0.15, 0.2) is 54.6 Å². The lowest BCUT2D eigenvalue weighted by Crippen LogP contribution is -2.44. The third kappa shape index (κ3) is 4.75. The van der Waals surface area contributed by atoms with Gasteiger partial charge in [-0.1, -0.05) is 30.3 Å². The highest BCUT2D eigenvalue weighted by molar-refractivity contribution is 5.89. The van der Waals surface area contributed by atoms with Crippen LogP contribution in [0.25, 0.3) is 11.3 Å². The number of carbonyl (C=O) groups is 1. The van der Waals surface area contributed by atoms with Crippen molar-refractivity contribution in [1.82, 2.24) is 19.8 Å². The van der Waals surface area contributed by atoms with Gasteiger partial charge in [0, 0.05) is 56.6 Å². The molecule has 1 saturated heterocycles. The fourth-order valence-electron chi connectivity index (χ4n) is 4.41. The third-order valence-corrected chi connectivity index (χ3v) is 6.38. The standard InChI is InChI=1S/C25H29N7O/c1-30-11-13-31(14-12-30)23-16-22(28-24(26)29-23)19-8-7-18-9-10-32(17-20(18)15-19)25(33)27-21-5-3-2-4-6-21/h2-8,15-16H,9-14,17H2,1H3,(H,27,33)(H2,26,28,29). The Morgan fingerprint density at radius 3 is 2.52 bits per heavy atom. The summed E-state index contributed by atoms with van der Waals surface area (Å²) in [6.07, 6.45) is 0.830. The Labute approximate surface area is 194 Å². The van der Waals surface area contributed by atoms with Crippen LogP contribution in [0.3, 0.4) is 0 Å². The number of fused-ring (bicyclic) bond motifs is 1. The predicted molar refractivity (Wildman–Crippen MR) is 131 cm³/mol. The van der Waals surface area contributed by atoms with Crippen molar-refractivity contribution in [2.45, 2.75) is 13.0 Å². The van der Waals surface area contributed by atoms with E-state index in [0.717, 1.165) is 60.9 Å². The molecule has 8 nitrogen and oxygen atoms in total. The number of amides is 2. The van der Waals surface area contributed by atoms with Crippen LogP contribution < -0.4 is 16.0 Å². The molecular weight excluding hydrogens is 414 g/mol. The molecule has 5 rings (SSSR count). The van der Waals surface area contributed by atoms with Gasteiger partial charge in [-0.25, -0.2) is 9.78 Å². The summed E-state index contributed by atoms with van der Waals surface area (Å²) in [5, 5.41) is 2.98. The average Bonchev–Trinajstić information content (AvgIpc) is 2.84. The smallest absolute Gasteiger partial charge is 0.322 e. The summed E-state index contributed by atoms with van der Waals surface area (Å²) in [7, 11) is 2.13. The van der Waals surface area contributed by atoms with Gasteiger partial charge < -0.3 is 25.8 Å². The molecule has 0 atom stereocenters. The largest absolute Gasteiger partial charge is 0.368 e. The quantitative estimate of drug-likeness (QED) is 0.647. The fraction of sp³-hybridized carbons (Fsp3) is 0.320. The first-order valence-electron chi connectivity index (χ1n) is 11.4. The lowest BCUT2D eigenvalue weighted by atomic mass is 9.96. The highest BCUT2D eigenvalue weighted by Gasteiger charge is 2.22. The van der Waals surface area contributed by atoms with Gasteiger partial charge in [0.05, 0.1) is 5.69 Å². The van der Waals surface area contributed by atoms with Crippen LogP contribution in [0.4, 0.5) is 22.2 Å². The molecule has 33 heavy (non-hydrogen) atoms. The molecule has 3 aromatic rings. The molecule has 2 amide bonds. The number of piperazine rings is 1. The molecule has 1 aromatic heterocycles. The second kappa shape index (κ2) is 9.07. The number of hydrogen-bond acceptors (Lipinski definition) is 6. The molecule has 0 unspecified atom stereocenters. The summed E-state index contributed by atoms with van der Waals surface area (Å²) in [6.45, 7) is 5.09. The van der Waals surface area contributed by atoms with Crippen LogP contribution in [0, 0.1) is 0 Å². The number of urea groups is 1. The zero-order valence-electron chi connectivity index (χ0n) is 18.9. The molecule has 2 aromatic carbocycles.